The van der Waals surface area contributed by atoms with Crippen LogP contribution >= 0.6 is 43.5 Å². The summed E-state index contributed by atoms with van der Waals surface area (Å²) in [6.45, 7) is 0. The second-order valence-electron chi connectivity index (χ2n) is 3.31. The highest BCUT2D eigenvalue weighted by atomic mass is 79.9. The maximum absolute atomic E-state index is 13.3. The third-order valence-electron chi connectivity index (χ3n) is 2.01. The predicted octanol–water partition coefficient (Wildman–Crippen LogP) is 4.72. The van der Waals surface area contributed by atoms with E-state index in [4.69, 9.17) is 16.3 Å². The lowest BCUT2D eigenvalue weighted by Gasteiger charge is -2.07. The normalized spacial score (nSPS) is 10.4. The Morgan fingerprint density at radius 3 is 2.56 bits per heavy atom. The van der Waals surface area contributed by atoms with Crippen LogP contribution in [0.3, 0.4) is 0 Å². The summed E-state index contributed by atoms with van der Waals surface area (Å²) < 4.78 is 19.2. The van der Waals surface area contributed by atoms with Crippen LogP contribution in [-0.2, 0) is 5.33 Å². The van der Waals surface area contributed by atoms with E-state index in [1.54, 1.807) is 12.4 Å². The molecule has 0 unspecified atom stereocenters. The first-order valence-electron chi connectivity index (χ1n) is 4.79. The van der Waals surface area contributed by atoms with Crippen LogP contribution in [0.1, 0.15) is 5.56 Å². The molecule has 0 atom stereocenters. The number of hydrogen-bond donors (Lipinski definition) is 0. The van der Waals surface area contributed by atoms with Gasteiger partial charge < -0.3 is 4.74 Å². The summed E-state index contributed by atoms with van der Waals surface area (Å²) in [4.78, 5) is 8.00. The Bertz CT molecular complexity index is 566. The van der Waals surface area contributed by atoms with Gasteiger partial charge in [-0.3, -0.25) is 0 Å². The van der Waals surface area contributed by atoms with Crippen molar-refractivity contribution in [2.45, 2.75) is 5.33 Å². The highest BCUT2D eigenvalue weighted by Crippen LogP contribution is 2.32. The van der Waals surface area contributed by atoms with Gasteiger partial charge in [-0.15, -0.1) is 0 Å². The van der Waals surface area contributed by atoms with Crippen molar-refractivity contribution < 1.29 is 9.13 Å². The molecule has 0 bridgehead atoms. The number of nitrogens with zero attached hydrogens (tertiary/aromatic N) is 2. The third-order valence-corrected chi connectivity index (χ3v) is 3.57. The van der Waals surface area contributed by atoms with Crippen molar-refractivity contribution >= 4 is 43.5 Å². The fraction of sp³-hybridized carbons (Fsp3) is 0.0909. The summed E-state index contributed by atoms with van der Waals surface area (Å²) >= 11 is 12.1. The van der Waals surface area contributed by atoms with Gasteiger partial charge >= 0.3 is 6.01 Å². The first-order valence-corrected chi connectivity index (χ1v) is 7.08. The fourth-order valence-electron chi connectivity index (χ4n) is 1.15. The molecule has 2 rings (SSSR count). The van der Waals surface area contributed by atoms with E-state index in [0.29, 0.717) is 9.80 Å². The number of rotatable bonds is 3. The van der Waals surface area contributed by atoms with E-state index in [9.17, 15) is 4.39 Å². The molecule has 0 fully saturated rings. The van der Waals surface area contributed by atoms with Crippen LogP contribution < -0.4 is 4.74 Å². The van der Waals surface area contributed by atoms with E-state index >= 15 is 0 Å². The Kier molecular flexibility index (Phi) is 4.53. The lowest BCUT2D eigenvalue weighted by Crippen LogP contribution is -1.94. The second kappa shape index (κ2) is 5.95. The first-order chi connectivity index (χ1) is 8.60. The summed E-state index contributed by atoms with van der Waals surface area (Å²) in [5, 5.41) is 0.678. The van der Waals surface area contributed by atoms with E-state index in [-0.39, 0.29) is 16.8 Å². The van der Waals surface area contributed by atoms with Crippen molar-refractivity contribution in [2.24, 2.45) is 0 Å². The molecule has 94 valence electrons. The van der Waals surface area contributed by atoms with Crippen molar-refractivity contribution in [1.82, 2.24) is 9.97 Å². The third kappa shape index (κ3) is 3.18. The summed E-state index contributed by atoms with van der Waals surface area (Å²) in [5.74, 6) is -0.296. The molecule has 3 nitrogen and oxygen atoms in total. The number of aromatic nitrogens is 2. The van der Waals surface area contributed by atoms with Crippen LogP contribution in [0.2, 0.25) is 5.02 Å². The first kappa shape index (κ1) is 13.7. The zero-order valence-electron chi connectivity index (χ0n) is 8.83. The van der Waals surface area contributed by atoms with Crippen molar-refractivity contribution in [3.8, 4) is 11.8 Å². The zero-order chi connectivity index (χ0) is 13.1. The lowest BCUT2D eigenvalue weighted by atomic mass is 10.3. The van der Waals surface area contributed by atoms with E-state index in [1.165, 1.54) is 12.1 Å². The molecule has 0 aliphatic carbocycles. The Hall–Kier alpha value is -0.720. The predicted molar refractivity (Wildman–Crippen MR) is 73.8 cm³/mol. The van der Waals surface area contributed by atoms with Crippen LogP contribution in [-0.4, -0.2) is 9.97 Å². The average molecular weight is 396 g/mol. The minimum atomic E-state index is -0.563. The number of ether oxygens (including phenoxy) is 1. The van der Waals surface area contributed by atoms with Gasteiger partial charge in [0.2, 0.25) is 0 Å². The topological polar surface area (TPSA) is 35.0 Å². The second-order valence-corrected chi connectivity index (χ2v) is 5.13. The van der Waals surface area contributed by atoms with Gasteiger partial charge in [-0.25, -0.2) is 14.4 Å². The summed E-state index contributed by atoms with van der Waals surface area (Å²) in [5.41, 5.74) is 0.920. The van der Waals surface area contributed by atoms with Crippen LogP contribution in [0.15, 0.2) is 29.0 Å². The SMILES string of the molecule is Fc1cc(Oc2ncc(CBr)cn2)c(Br)cc1Cl. The maximum Gasteiger partial charge on any atom is 0.321 e. The number of halogens is 4. The van der Waals surface area contributed by atoms with Crippen molar-refractivity contribution in [1.29, 1.82) is 0 Å². The van der Waals surface area contributed by atoms with Gasteiger partial charge in [0, 0.05) is 23.8 Å². The standard InChI is InChI=1S/C11H6Br2ClFN2O/c12-3-6-4-16-11(17-5-6)18-10-2-9(15)8(14)1-7(10)13/h1-2,4-5H,3H2. The van der Waals surface area contributed by atoms with Crippen LogP contribution in [0, 0.1) is 5.82 Å². The smallest absolute Gasteiger partial charge is 0.321 e. The fourth-order valence-corrected chi connectivity index (χ4v) is 2.15. The molecule has 1 heterocycles. The molecule has 0 saturated carbocycles. The molecular formula is C11H6Br2ClFN2O. The number of alkyl halides is 1. The monoisotopic (exact) mass is 394 g/mol. The van der Waals surface area contributed by atoms with Gasteiger partial charge in [0.05, 0.1) is 9.50 Å². The molecule has 0 saturated heterocycles. The molecule has 0 aliphatic heterocycles. The Morgan fingerprint density at radius 2 is 1.94 bits per heavy atom. The Labute approximate surface area is 125 Å². The average Bonchev–Trinajstić information content (AvgIpc) is 2.37. The van der Waals surface area contributed by atoms with Crippen LogP contribution in [0.25, 0.3) is 0 Å². The van der Waals surface area contributed by atoms with Crippen molar-refractivity contribution in [2.75, 3.05) is 0 Å². The maximum atomic E-state index is 13.3. The largest absolute Gasteiger partial charge is 0.423 e. The number of benzene rings is 1. The highest BCUT2D eigenvalue weighted by molar-refractivity contribution is 9.10. The molecule has 0 radical (unpaired) electrons. The molecule has 0 N–H and O–H groups in total. The number of hydrogen-bond acceptors (Lipinski definition) is 3. The van der Waals surface area contributed by atoms with Crippen molar-refractivity contribution in [3.05, 3.63) is 45.4 Å². The molecule has 7 heteroatoms. The molecule has 0 spiro atoms. The van der Waals surface area contributed by atoms with Gasteiger partial charge in [-0.1, -0.05) is 27.5 Å². The highest BCUT2D eigenvalue weighted by Gasteiger charge is 2.10. The summed E-state index contributed by atoms with van der Waals surface area (Å²) in [6.07, 6.45) is 3.24. The van der Waals surface area contributed by atoms with E-state index in [2.05, 4.69) is 41.8 Å². The van der Waals surface area contributed by atoms with Crippen molar-refractivity contribution in [3.63, 3.8) is 0 Å². The quantitative estimate of drug-likeness (QED) is 0.556. The molecule has 1 aromatic heterocycles. The van der Waals surface area contributed by atoms with Gasteiger partial charge in [0.15, 0.2) is 0 Å². The van der Waals surface area contributed by atoms with Gasteiger partial charge in [0.25, 0.3) is 0 Å². The molecule has 2 aromatic rings. The Morgan fingerprint density at radius 1 is 1.28 bits per heavy atom. The molecular weight excluding hydrogens is 390 g/mol. The van der Waals surface area contributed by atoms with Gasteiger partial charge in [-0.05, 0) is 27.6 Å². The zero-order valence-corrected chi connectivity index (χ0v) is 12.8. The minimum Gasteiger partial charge on any atom is -0.423 e. The molecule has 0 amide bonds. The van der Waals surface area contributed by atoms with Crippen LogP contribution in [0.5, 0.6) is 11.8 Å². The van der Waals surface area contributed by atoms with Gasteiger partial charge in [0.1, 0.15) is 11.6 Å². The van der Waals surface area contributed by atoms with E-state index < -0.39 is 5.82 Å². The lowest BCUT2D eigenvalue weighted by molar-refractivity contribution is 0.434. The molecule has 1 aromatic carbocycles. The Balaban J connectivity index is 2.25. The molecule has 0 aliphatic rings. The van der Waals surface area contributed by atoms with E-state index in [1.807, 2.05) is 0 Å². The summed E-state index contributed by atoms with van der Waals surface area (Å²) in [7, 11) is 0. The molecule has 18 heavy (non-hydrogen) atoms. The summed E-state index contributed by atoms with van der Waals surface area (Å²) in [6, 6.07) is 2.73. The minimum absolute atomic E-state index is 0.0183. The van der Waals surface area contributed by atoms with Gasteiger partial charge in [-0.2, -0.15) is 0 Å². The van der Waals surface area contributed by atoms with E-state index in [0.717, 1.165) is 5.56 Å². The van der Waals surface area contributed by atoms with Crippen LogP contribution in [0.4, 0.5) is 4.39 Å².